The smallest absolute Gasteiger partial charge is 0.226 e. The van der Waals surface area contributed by atoms with Crippen LogP contribution in [-0.2, 0) is 4.79 Å². The molecular weight excluding hydrogens is 284 g/mol. The fourth-order valence-electron chi connectivity index (χ4n) is 3.56. The summed E-state index contributed by atoms with van der Waals surface area (Å²) in [5.74, 6) is 0.761. The predicted octanol–water partition coefficient (Wildman–Crippen LogP) is 3.17. The van der Waals surface area contributed by atoms with Crippen molar-refractivity contribution < 1.29 is 4.79 Å². The molecule has 1 amide bonds. The van der Waals surface area contributed by atoms with Gasteiger partial charge >= 0.3 is 0 Å². The van der Waals surface area contributed by atoms with Gasteiger partial charge in [-0.15, -0.1) is 0 Å². The Balaban J connectivity index is 1.69. The van der Waals surface area contributed by atoms with Crippen LogP contribution in [0.2, 0.25) is 5.02 Å². The maximum Gasteiger partial charge on any atom is 0.226 e. The molecule has 1 saturated carbocycles. The summed E-state index contributed by atoms with van der Waals surface area (Å²) in [6, 6.07) is 8.16. The van der Waals surface area contributed by atoms with Gasteiger partial charge in [0.05, 0.1) is 0 Å². The van der Waals surface area contributed by atoms with Crippen molar-refractivity contribution >= 4 is 17.5 Å². The molecule has 4 atom stereocenters. The average molecular weight is 307 g/mol. The lowest BCUT2D eigenvalue weighted by molar-refractivity contribution is -0.136. The molecule has 0 unspecified atom stereocenters. The van der Waals surface area contributed by atoms with Crippen molar-refractivity contribution in [3.63, 3.8) is 0 Å². The summed E-state index contributed by atoms with van der Waals surface area (Å²) in [6.07, 6.45) is 4.27. The van der Waals surface area contributed by atoms with Crippen molar-refractivity contribution in [1.29, 1.82) is 0 Å². The Morgan fingerprint density at radius 1 is 1.43 bits per heavy atom. The minimum atomic E-state index is 0.0534. The molecule has 114 valence electrons. The molecule has 1 aliphatic heterocycles. The van der Waals surface area contributed by atoms with E-state index in [-0.39, 0.29) is 18.0 Å². The fourth-order valence-corrected chi connectivity index (χ4v) is 3.76. The summed E-state index contributed by atoms with van der Waals surface area (Å²) in [6.45, 7) is 2.88. The molecule has 0 aromatic heterocycles. The number of carbonyl (C=O) groups excluding carboxylic acids is 1. The van der Waals surface area contributed by atoms with Gasteiger partial charge in [-0.1, -0.05) is 23.7 Å². The highest BCUT2D eigenvalue weighted by molar-refractivity contribution is 6.30. The maximum atomic E-state index is 12.8. The van der Waals surface area contributed by atoms with E-state index in [1.54, 1.807) is 0 Å². The van der Waals surface area contributed by atoms with Gasteiger partial charge in [-0.3, -0.25) is 4.79 Å². The Labute approximate surface area is 131 Å². The lowest BCUT2D eigenvalue weighted by Crippen LogP contribution is -2.52. The van der Waals surface area contributed by atoms with E-state index in [1.165, 1.54) is 12.0 Å². The van der Waals surface area contributed by atoms with Crippen LogP contribution in [0, 0.1) is 5.92 Å². The topological polar surface area (TPSA) is 46.3 Å². The number of amides is 1. The molecule has 1 saturated heterocycles. The molecule has 3 nitrogen and oxygen atoms in total. The van der Waals surface area contributed by atoms with E-state index in [0.717, 1.165) is 30.8 Å². The van der Waals surface area contributed by atoms with Crippen LogP contribution in [0.4, 0.5) is 0 Å². The van der Waals surface area contributed by atoms with Gasteiger partial charge in [-0.2, -0.15) is 0 Å². The van der Waals surface area contributed by atoms with Gasteiger partial charge in [0.15, 0.2) is 0 Å². The number of hydrogen-bond donors (Lipinski definition) is 1. The van der Waals surface area contributed by atoms with Crippen molar-refractivity contribution in [3.05, 3.63) is 34.9 Å². The third kappa shape index (κ3) is 3.09. The van der Waals surface area contributed by atoms with Crippen molar-refractivity contribution in [2.24, 2.45) is 11.7 Å². The third-order valence-electron chi connectivity index (χ3n) is 4.82. The normalized spacial score (nSPS) is 30.0. The molecule has 1 aliphatic carbocycles. The Hall–Kier alpha value is -1.06. The molecule has 1 aromatic carbocycles. The van der Waals surface area contributed by atoms with E-state index in [1.807, 2.05) is 30.0 Å². The van der Waals surface area contributed by atoms with Crippen LogP contribution in [0.5, 0.6) is 0 Å². The SMILES string of the molecule is C[C@H](N)[C@@H]1CCCCN1C(=O)[C@H]1C[C@@H]1c1cccc(Cl)c1. The highest BCUT2D eigenvalue weighted by Crippen LogP contribution is 2.49. The van der Waals surface area contributed by atoms with E-state index >= 15 is 0 Å². The lowest BCUT2D eigenvalue weighted by atomic mass is 9.96. The minimum absolute atomic E-state index is 0.0534. The van der Waals surface area contributed by atoms with Crippen molar-refractivity contribution in [2.45, 2.75) is 50.6 Å². The summed E-state index contributed by atoms with van der Waals surface area (Å²) in [4.78, 5) is 14.8. The van der Waals surface area contributed by atoms with E-state index in [2.05, 4.69) is 6.07 Å². The standard InChI is InChI=1S/C17H23ClN2O/c1-11(19)16-7-2-3-8-20(16)17(21)15-10-14(15)12-5-4-6-13(18)9-12/h4-6,9,11,14-16H,2-3,7-8,10,19H2,1H3/t11-,14+,15-,16-/m0/s1. The highest BCUT2D eigenvalue weighted by Gasteiger charge is 2.47. The molecule has 0 spiro atoms. The van der Waals surface area contributed by atoms with Crippen LogP contribution < -0.4 is 5.73 Å². The van der Waals surface area contributed by atoms with Crippen LogP contribution >= 0.6 is 11.6 Å². The first kappa shape index (κ1) is 14.9. The number of likely N-dealkylation sites (tertiary alicyclic amines) is 1. The largest absolute Gasteiger partial charge is 0.338 e. The average Bonchev–Trinajstić information content (AvgIpc) is 3.27. The number of rotatable bonds is 3. The molecule has 21 heavy (non-hydrogen) atoms. The van der Waals surface area contributed by atoms with Crippen LogP contribution in [0.3, 0.4) is 0 Å². The van der Waals surface area contributed by atoms with Crippen LogP contribution in [0.15, 0.2) is 24.3 Å². The maximum absolute atomic E-state index is 12.8. The van der Waals surface area contributed by atoms with Gasteiger partial charge in [0.2, 0.25) is 5.91 Å². The minimum Gasteiger partial charge on any atom is -0.338 e. The summed E-state index contributed by atoms with van der Waals surface area (Å²) in [5.41, 5.74) is 7.26. The molecule has 0 bridgehead atoms. The first-order valence-corrected chi connectivity index (χ1v) is 8.27. The second-order valence-electron chi connectivity index (χ2n) is 6.46. The molecule has 2 N–H and O–H groups in total. The van der Waals surface area contributed by atoms with Crippen molar-refractivity contribution in [3.8, 4) is 0 Å². The number of halogens is 1. The predicted molar refractivity (Wildman–Crippen MR) is 85.3 cm³/mol. The van der Waals surface area contributed by atoms with Gasteiger partial charge in [-0.25, -0.2) is 0 Å². The molecule has 1 aromatic rings. The van der Waals surface area contributed by atoms with Crippen molar-refractivity contribution in [1.82, 2.24) is 4.90 Å². The zero-order valence-corrected chi connectivity index (χ0v) is 13.2. The first-order chi connectivity index (χ1) is 10.1. The van der Waals surface area contributed by atoms with Gasteiger partial charge in [-0.05, 0) is 56.2 Å². The van der Waals surface area contributed by atoms with E-state index in [4.69, 9.17) is 17.3 Å². The van der Waals surface area contributed by atoms with Gasteiger partial charge in [0, 0.05) is 29.6 Å². The molecule has 1 heterocycles. The Morgan fingerprint density at radius 3 is 2.95 bits per heavy atom. The number of benzene rings is 1. The zero-order chi connectivity index (χ0) is 15.0. The van der Waals surface area contributed by atoms with Crippen LogP contribution in [-0.4, -0.2) is 29.4 Å². The summed E-state index contributed by atoms with van der Waals surface area (Å²) in [7, 11) is 0. The number of hydrogen-bond acceptors (Lipinski definition) is 2. The fraction of sp³-hybridized carbons (Fsp3) is 0.588. The Morgan fingerprint density at radius 2 is 2.24 bits per heavy atom. The quantitative estimate of drug-likeness (QED) is 0.932. The second-order valence-corrected chi connectivity index (χ2v) is 6.89. The number of carbonyl (C=O) groups is 1. The van der Waals surface area contributed by atoms with E-state index < -0.39 is 0 Å². The Kier molecular flexibility index (Phi) is 4.23. The molecule has 3 rings (SSSR count). The zero-order valence-electron chi connectivity index (χ0n) is 12.5. The summed E-state index contributed by atoms with van der Waals surface area (Å²) in [5, 5.41) is 0.747. The number of piperidine rings is 1. The monoisotopic (exact) mass is 306 g/mol. The van der Waals surface area contributed by atoms with E-state index in [9.17, 15) is 4.79 Å². The first-order valence-electron chi connectivity index (χ1n) is 7.89. The third-order valence-corrected chi connectivity index (χ3v) is 5.06. The molecular formula is C17H23ClN2O. The molecule has 0 radical (unpaired) electrons. The number of nitrogens with zero attached hydrogens (tertiary/aromatic N) is 1. The van der Waals surface area contributed by atoms with E-state index in [0.29, 0.717) is 11.8 Å². The van der Waals surface area contributed by atoms with Gasteiger partial charge in [0.25, 0.3) is 0 Å². The van der Waals surface area contributed by atoms with Crippen LogP contribution in [0.1, 0.15) is 44.1 Å². The molecule has 4 heteroatoms. The molecule has 2 aliphatic rings. The van der Waals surface area contributed by atoms with Gasteiger partial charge in [0.1, 0.15) is 0 Å². The summed E-state index contributed by atoms with van der Waals surface area (Å²) < 4.78 is 0. The highest BCUT2D eigenvalue weighted by atomic mass is 35.5. The van der Waals surface area contributed by atoms with Crippen molar-refractivity contribution in [2.75, 3.05) is 6.54 Å². The Bertz CT molecular complexity index is 531. The van der Waals surface area contributed by atoms with Gasteiger partial charge < -0.3 is 10.6 Å². The second kappa shape index (κ2) is 5.98. The lowest BCUT2D eigenvalue weighted by Gasteiger charge is -2.38. The number of nitrogens with two attached hydrogens (primary N) is 1. The summed E-state index contributed by atoms with van der Waals surface area (Å²) >= 11 is 6.05. The molecule has 2 fully saturated rings. The van der Waals surface area contributed by atoms with Crippen LogP contribution in [0.25, 0.3) is 0 Å².